The molecule has 1 atom stereocenters. The summed E-state index contributed by atoms with van der Waals surface area (Å²) in [7, 11) is 0. The highest BCUT2D eigenvalue weighted by Gasteiger charge is 2.30. The zero-order valence-electron chi connectivity index (χ0n) is 18.1. The highest BCUT2D eigenvalue weighted by Crippen LogP contribution is 2.30. The lowest BCUT2D eigenvalue weighted by Gasteiger charge is -2.29. The molecule has 8 heteroatoms. The molecule has 0 fully saturated rings. The smallest absolute Gasteiger partial charge is 0.174 e. The summed E-state index contributed by atoms with van der Waals surface area (Å²) in [5.41, 5.74) is 2.15. The van der Waals surface area contributed by atoms with Gasteiger partial charge in [0.05, 0.1) is 18.5 Å². The van der Waals surface area contributed by atoms with Crippen molar-refractivity contribution in [3.8, 4) is 0 Å². The molecule has 5 rings (SSSR count). The lowest BCUT2D eigenvalue weighted by molar-refractivity contribution is 0.178. The number of aryl methyl sites for hydroxylation is 2. The number of aromatic nitrogens is 5. The predicted octanol–water partition coefficient (Wildman–Crippen LogP) is 4.76. The van der Waals surface area contributed by atoms with Gasteiger partial charge in [0, 0.05) is 24.2 Å². The van der Waals surface area contributed by atoms with Crippen molar-refractivity contribution in [2.24, 2.45) is 0 Å². The van der Waals surface area contributed by atoms with Gasteiger partial charge in [-0.25, -0.2) is 4.68 Å². The van der Waals surface area contributed by atoms with Crippen LogP contribution in [0.3, 0.4) is 0 Å². The van der Waals surface area contributed by atoms with Gasteiger partial charge in [-0.2, -0.15) is 0 Å². The monoisotopic (exact) mass is 456 g/mol. The molecule has 0 aliphatic carbocycles. The fraction of sp³-hybridized carbons (Fsp3) is 0.200. The van der Waals surface area contributed by atoms with E-state index in [2.05, 4.69) is 62.2 Å². The number of hydrogen-bond acceptors (Lipinski definition) is 7. The van der Waals surface area contributed by atoms with Gasteiger partial charge in [-0.3, -0.25) is 9.88 Å². The van der Waals surface area contributed by atoms with Gasteiger partial charge in [-0.15, -0.1) is 16.4 Å². The Kier molecular flexibility index (Phi) is 6.65. The van der Waals surface area contributed by atoms with Crippen LogP contribution in [0.1, 0.15) is 33.8 Å². The molecule has 0 saturated carbocycles. The molecular formula is C25H24N6OS. The van der Waals surface area contributed by atoms with Crippen LogP contribution in [0.25, 0.3) is 0 Å². The second kappa shape index (κ2) is 10.3. The number of pyridine rings is 1. The van der Waals surface area contributed by atoms with Gasteiger partial charge < -0.3 is 4.42 Å². The van der Waals surface area contributed by atoms with Crippen molar-refractivity contribution < 1.29 is 4.42 Å². The fourth-order valence-corrected chi connectivity index (χ4v) is 4.64. The van der Waals surface area contributed by atoms with Crippen LogP contribution in [0, 0.1) is 0 Å². The fourth-order valence-electron chi connectivity index (χ4n) is 3.91. The highest BCUT2D eigenvalue weighted by atomic mass is 32.1. The van der Waals surface area contributed by atoms with E-state index in [9.17, 15) is 0 Å². The number of rotatable bonds is 10. The number of hydrogen-bond donors (Lipinski definition) is 0. The Balaban J connectivity index is 1.50. The number of furan rings is 1. The first-order valence-electron chi connectivity index (χ1n) is 10.9. The van der Waals surface area contributed by atoms with Crippen molar-refractivity contribution in [3.05, 3.63) is 118 Å². The van der Waals surface area contributed by atoms with Gasteiger partial charge in [0.1, 0.15) is 11.8 Å². The Morgan fingerprint density at radius 1 is 0.939 bits per heavy atom. The maximum Gasteiger partial charge on any atom is 0.174 e. The number of thiophene rings is 1. The maximum absolute atomic E-state index is 5.71. The van der Waals surface area contributed by atoms with Crippen LogP contribution in [-0.2, 0) is 26.1 Å². The average Bonchev–Trinajstić information content (AvgIpc) is 3.64. The average molecular weight is 457 g/mol. The molecule has 0 unspecified atom stereocenters. The molecule has 4 aromatic heterocycles. The molecule has 0 aliphatic rings. The Morgan fingerprint density at radius 2 is 1.85 bits per heavy atom. The van der Waals surface area contributed by atoms with E-state index in [4.69, 9.17) is 9.40 Å². The van der Waals surface area contributed by atoms with Gasteiger partial charge in [-0.1, -0.05) is 42.5 Å². The van der Waals surface area contributed by atoms with E-state index in [-0.39, 0.29) is 6.04 Å². The summed E-state index contributed by atoms with van der Waals surface area (Å²) in [4.78, 5) is 8.27. The van der Waals surface area contributed by atoms with Crippen LogP contribution < -0.4 is 0 Å². The molecule has 1 aromatic carbocycles. The van der Waals surface area contributed by atoms with Crippen molar-refractivity contribution in [3.63, 3.8) is 0 Å². The zero-order chi connectivity index (χ0) is 22.3. The molecule has 0 amide bonds. The molecule has 0 N–H and O–H groups in total. The largest absolute Gasteiger partial charge is 0.468 e. The van der Waals surface area contributed by atoms with Crippen LogP contribution in [0.2, 0.25) is 0 Å². The Morgan fingerprint density at radius 3 is 2.61 bits per heavy atom. The molecule has 0 radical (unpaired) electrons. The van der Waals surface area contributed by atoms with Gasteiger partial charge in [0.25, 0.3) is 0 Å². The molecule has 4 heterocycles. The normalized spacial score (nSPS) is 12.3. The summed E-state index contributed by atoms with van der Waals surface area (Å²) in [5.74, 6) is 1.66. The lowest BCUT2D eigenvalue weighted by atomic mass is 10.1. The van der Waals surface area contributed by atoms with Gasteiger partial charge in [-0.05, 0) is 58.1 Å². The van der Waals surface area contributed by atoms with Crippen LogP contribution >= 0.6 is 11.3 Å². The summed E-state index contributed by atoms with van der Waals surface area (Å²) in [5, 5.41) is 15.0. The molecule has 166 valence electrons. The van der Waals surface area contributed by atoms with Crippen molar-refractivity contribution in [1.29, 1.82) is 0 Å². The van der Waals surface area contributed by atoms with Crippen LogP contribution in [0.5, 0.6) is 0 Å². The highest BCUT2D eigenvalue weighted by molar-refractivity contribution is 7.09. The molecule has 0 aliphatic heterocycles. The van der Waals surface area contributed by atoms with E-state index in [1.807, 2.05) is 47.3 Å². The topological polar surface area (TPSA) is 72.9 Å². The molecule has 0 bridgehead atoms. The van der Waals surface area contributed by atoms with E-state index >= 15 is 0 Å². The third-order valence-corrected chi connectivity index (χ3v) is 6.33. The first-order valence-corrected chi connectivity index (χ1v) is 11.7. The third kappa shape index (κ3) is 5.24. The number of tetrazole rings is 1. The van der Waals surface area contributed by atoms with Crippen molar-refractivity contribution in [1.82, 2.24) is 30.1 Å². The lowest BCUT2D eigenvalue weighted by Crippen LogP contribution is -2.31. The van der Waals surface area contributed by atoms with Gasteiger partial charge in [0.2, 0.25) is 0 Å². The Bertz CT molecular complexity index is 1190. The summed E-state index contributed by atoms with van der Waals surface area (Å²) in [6.07, 6.45) is 4.37. The second-order valence-electron chi connectivity index (χ2n) is 7.72. The van der Waals surface area contributed by atoms with E-state index < -0.39 is 0 Å². The summed E-state index contributed by atoms with van der Waals surface area (Å²) in [6, 6.07) is 24.2. The maximum atomic E-state index is 5.71. The third-order valence-electron chi connectivity index (χ3n) is 5.47. The summed E-state index contributed by atoms with van der Waals surface area (Å²) >= 11 is 1.73. The van der Waals surface area contributed by atoms with Crippen LogP contribution in [0.15, 0.2) is 95.1 Å². The number of nitrogens with zero attached hydrogens (tertiary/aromatic N) is 6. The Hall–Kier alpha value is -3.62. The van der Waals surface area contributed by atoms with Crippen LogP contribution in [0.4, 0.5) is 0 Å². The summed E-state index contributed by atoms with van der Waals surface area (Å²) < 4.78 is 7.60. The molecule has 33 heavy (non-hydrogen) atoms. The molecule has 7 nitrogen and oxygen atoms in total. The minimum atomic E-state index is -0.232. The first-order chi connectivity index (χ1) is 16.4. The van der Waals surface area contributed by atoms with Crippen molar-refractivity contribution >= 4 is 11.3 Å². The van der Waals surface area contributed by atoms with E-state index in [0.29, 0.717) is 13.1 Å². The van der Waals surface area contributed by atoms with Crippen LogP contribution in [-0.4, -0.2) is 30.1 Å². The first kappa shape index (κ1) is 21.2. The van der Waals surface area contributed by atoms with E-state index in [1.165, 1.54) is 10.4 Å². The molecule has 0 saturated heterocycles. The quantitative estimate of drug-likeness (QED) is 0.302. The minimum Gasteiger partial charge on any atom is -0.468 e. The molecule has 5 aromatic rings. The second-order valence-corrected chi connectivity index (χ2v) is 8.75. The predicted molar refractivity (Wildman–Crippen MR) is 126 cm³/mol. The molecular weight excluding hydrogens is 432 g/mol. The zero-order valence-corrected chi connectivity index (χ0v) is 18.9. The Labute approximate surface area is 196 Å². The van der Waals surface area contributed by atoms with E-state index in [0.717, 1.165) is 30.2 Å². The number of benzene rings is 1. The molecule has 0 spiro atoms. The van der Waals surface area contributed by atoms with Gasteiger partial charge in [0.15, 0.2) is 5.82 Å². The SMILES string of the molecule is c1ccc(CCn2nnnc2[C@@H](c2ccccn2)N(Cc2ccco2)Cc2cccs2)cc1. The minimum absolute atomic E-state index is 0.232. The van der Waals surface area contributed by atoms with Gasteiger partial charge >= 0.3 is 0 Å². The van der Waals surface area contributed by atoms with Crippen molar-refractivity contribution in [2.45, 2.75) is 32.1 Å². The van der Waals surface area contributed by atoms with E-state index in [1.54, 1.807) is 17.6 Å². The van der Waals surface area contributed by atoms with Crippen molar-refractivity contribution in [2.75, 3.05) is 0 Å². The summed E-state index contributed by atoms with van der Waals surface area (Å²) in [6.45, 7) is 2.02. The standard InChI is InChI=1S/C25H24N6OS/c1-2-8-20(9-3-1)13-15-31-25(27-28-29-31)24(23-12-4-5-14-26-23)30(18-21-10-6-16-32-21)19-22-11-7-17-33-22/h1-12,14,16-17,24H,13,15,18-19H2/t24-/m1/s1.